The van der Waals surface area contributed by atoms with E-state index in [-0.39, 0.29) is 18.7 Å². The maximum Gasteiger partial charge on any atom is 0.417 e. The second-order valence-corrected chi connectivity index (χ2v) is 7.58. The largest absolute Gasteiger partial charge is 0.481 e. The van der Waals surface area contributed by atoms with Gasteiger partial charge in [-0.05, 0) is 51.1 Å². The number of nitrogens with one attached hydrogen (secondary N) is 2. The number of hydrogen-bond acceptors (Lipinski definition) is 9. The van der Waals surface area contributed by atoms with Crippen LogP contribution in [0.5, 0.6) is 5.75 Å². The summed E-state index contributed by atoms with van der Waals surface area (Å²) < 4.78 is 15.9. The van der Waals surface area contributed by atoms with Crippen molar-refractivity contribution in [2.24, 2.45) is 0 Å². The fourth-order valence-electron chi connectivity index (χ4n) is 3.31. The number of aromatic nitrogens is 3. The van der Waals surface area contributed by atoms with Crippen molar-refractivity contribution >= 4 is 34.5 Å². The SMILES string of the molecule is Cc1c(Nc2ccc3oc(=O)[nH]c3c2)nc(N)nc1-c1ccccc1OCC(=O)OC(C)C. The van der Waals surface area contributed by atoms with Gasteiger partial charge in [0, 0.05) is 16.8 Å². The van der Waals surface area contributed by atoms with E-state index in [2.05, 4.69) is 20.3 Å². The number of para-hydroxylation sites is 1. The van der Waals surface area contributed by atoms with Crippen molar-refractivity contribution in [1.29, 1.82) is 0 Å². The molecule has 4 N–H and O–H groups in total. The van der Waals surface area contributed by atoms with Crippen LogP contribution < -0.4 is 21.5 Å². The molecule has 10 nitrogen and oxygen atoms in total. The summed E-state index contributed by atoms with van der Waals surface area (Å²) in [6.45, 7) is 5.16. The predicted octanol–water partition coefficient (Wildman–Crippen LogP) is 3.54. The van der Waals surface area contributed by atoms with Gasteiger partial charge in [0.1, 0.15) is 11.6 Å². The highest BCUT2D eigenvalue weighted by Gasteiger charge is 2.17. The standard InChI is InChI=1S/C23H23N5O5/c1-12(2)32-19(29)11-31-17-7-5-4-6-15(17)20-13(3)21(28-22(24)27-20)25-14-8-9-18-16(10-14)26-23(30)33-18/h4-10,12H,11H2,1-3H3,(H,26,30)(H3,24,25,27,28). The first-order valence-corrected chi connectivity index (χ1v) is 10.3. The number of carbonyl (C=O) groups excluding carboxylic acids is 1. The number of nitrogen functional groups attached to an aromatic ring is 1. The summed E-state index contributed by atoms with van der Waals surface area (Å²) in [5.74, 6) is 0.0129. The van der Waals surface area contributed by atoms with Crippen molar-refractivity contribution < 1.29 is 18.7 Å². The lowest BCUT2D eigenvalue weighted by molar-refractivity contribution is -0.149. The zero-order valence-electron chi connectivity index (χ0n) is 18.3. The fourth-order valence-corrected chi connectivity index (χ4v) is 3.31. The molecule has 0 aliphatic rings. The fraction of sp³-hybridized carbons (Fsp3) is 0.217. The van der Waals surface area contributed by atoms with Gasteiger partial charge >= 0.3 is 11.7 Å². The molecule has 4 aromatic rings. The Morgan fingerprint density at radius 3 is 2.79 bits per heavy atom. The molecule has 0 bridgehead atoms. The van der Waals surface area contributed by atoms with Crippen molar-refractivity contribution in [2.45, 2.75) is 26.9 Å². The molecule has 0 fully saturated rings. The maximum absolute atomic E-state index is 11.9. The molecule has 0 saturated carbocycles. The summed E-state index contributed by atoms with van der Waals surface area (Å²) in [4.78, 5) is 34.7. The Balaban J connectivity index is 1.65. The summed E-state index contributed by atoms with van der Waals surface area (Å²) in [5, 5.41) is 3.21. The Hall–Kier alpha value is -4.34. The molecule has 0 radical (unpaired) electrons. The normalized spacial score (nSPS) is 11.0. The molecular formula is C23H23N5O5. The third-order valence-corrected chi connectivity index (χ3v) is 4.70. The molecule has 0 saturated heterocycles. The number of rotatable bonds is 7. The molecule has 4 rings (SSSR count). The quantitative estimate of drug-likeness (QED) is 0.361. The Kier molecular flexibility index (Phi) is 5.99. The molecule has 2 heterocycles. The third-order valence-electron chi connectivity index (χ3n) is 4.70. The van der Waals surface area contributed by atoms with Crippen LogP contribution in [0.2, 0.25) is 0 Å². The number of nitrogens with two attached hydrogens (primary N) is 1. The topological polar surface area (TPSA) is 145 Å². The molecule has 0 amide bonds. The van der Waals surface area contributed by atoms with Gasteiger partial charge in [-0.3, -0.25) is 4.98 Å². The highest BCUT2D eigenvalue weighted by Crippen LogP contribution is 2.34. The molecule has 10 heteroatoms. The lowest BCUT2D eigenvalue weighted by atomic mass is 10.1. The number of esters is 1. The van der Waals surface area contributed by atoms with Crippen molar-refractivity contribution in [3.63, 3.8) is 0 Å². The van der Waals surface area contributed by atoms with Crippen LogP contribution in [0.3, 0.4) is 0 Å². The molecule has 0 unspecified atom stereocenters. The first-order chi connectivity index (χ1) is 15.8. The molecule has 170 valence electrons. The van der Waals surface area contributed by atoms with Gasteiger partial charge in [0.05, 0.1) is 17.3 Å². The van der Waals surface area contributed by atoms with Gasteiger partial charge in [0.25, 0.3) is 0 Å². The van der Waals surface area contributed by atoms with Crippen molar-refractivity contribution in [1.82, 2.24) is 15.0 Å². The van der Waals surface area contributed by atoms with Gasteiger partial charge in [-0.1, -0.05) is 12.1 Å². The Labute approximate surface area is 188 Å². The van der Waals surface area contributed by atoms with Crippen LogP contribution in [-0.4, -0.2) is 33.6 Å². The molecule has 33 heavy (non-hydrogen) atoms. The number of benzene rings is 2. The van der Waals surface area contributed by atoms with Crippen molar-refractivity contribution in [3.8, 4) is 17.0 Å². The van der Waals surface area contributed by atoms with Gasteiger partial charge in [-0.15, -0.1) is 0 Å². The van der Waals surface area contributed by atoms with E-state index in [0.717, 1.165) is 0 Å². The summed E-state index contributed by atoms with van der Waals surface area (Å²) in [7, 11) is 0. The first kappa shape index (κ1) is 21.9. The van der Waals surface area contributed by atoms with Crippen LogP contribution in [0.25, 0.3) is 22.4 Å². The van der Waals surface area contributed by atoms with Gasteiger partial charge in [-0.25, -0.2) is 14.6 Å². The van der Waals surface area contributed by atoms with Crippen molar-refractivity contribution in [3.05, 3.63) is 58.6 Å². The minimum Gasteiger partial charge on any atom is -0.481 e. The van der Waals surface area contributed by atoms with E-state index in [0.29, 0.717) is 45.2 Å². The number of hydrogen-bond donors (Lipinski definition) is 3. The average Bonchev–Trinajstić information content (AvgIpc) is 3.13. The molecule has 0 aliphatic heterocycles. The second-order valence-electron chi connectivity index (χ2n) is 7.58. The van der Waals surface area contributed by atoms with Crippen LogP contribution in [0.4, 0.5) is 17.5 Å². The monoisotopic (exact) mass is 449 g/mol. The summed E-state index contributed by atoms with van der Waals surface area (Å²) in [6, 6.07) is 12.4. The molecule has 0 spiro atoms. The zero-order valence-corrected chi connectivity index (χ0v) is 18.3. The van der Waals surface area contributed by atoms with E-state index < -0.39 is 11.7 Å². The van der Waals surface area contributed by atoms with E-state index in [1.165, 1.54) is 0 Å². The average molecular weight is 449 g/mol. The van der Waals surface area contributed by atoms with Crippen LogP contribution in [0.15, 0.2) is 51.7 Å². The Morgan fingerprint density at radius 1 is 1.21 bits per heavy atom. The van der Waals surface area contributed by atoms with Gasteiger partial charge in [0.15, 0.2) is 12.2 Å². The van der Waals surface area contributed by atoms with Gasteiger partial charge in [0.2, 0.25) is 5.95 Å². The first-order valence-electron chi connectivity index (χ1n) is 10.3. The summed E-state index contributed by atoms with van der Waals surface area (Å²) in [5.41, 5.74) is 9.60. The Bertz CT molecular complexity index is 1380. The van der Waals surface area contributed by atoms with Gasteiger partial charge < -0.3 is 24.9 Å². The number of H-pyrrole nitrogens is 1. The zero-order chi connectivity index (χ0) is 23.5. The number of fused-ring (bicyclic) bond motifs is 1. The third kappa shape index (κ3) is 4.95. The van der Waals surface area contributed by atoms with Crippen molar-refractivity contribution in [2.75, 3.05) is 17.7 Å². The highest BCUT2D eigenvalue weighted by atomic mass is 16.6. The second kappa shape index (κ2) is 9.03. The molecular weight excluding hydrogens is 426 g/mol. The van der Waals surface area contributed by atoms with Crippen LogP contribution in [0.1, 0.15) is 19.4 Å². The minimum absolute atomic E-state index is 0.0601. The maximum atomic E-state index is 11.9. The molecule has 0 atom stereocenters. The highest BCUT2D eigenvalue weighted by molar-refractivity contribution is 5.80. The predicted molar refractivity (Wildman–Crippen MR) is 123 cm³/mol. The number of nitrogens with zero attached hydrogens (tertiary/aromatic N) is 2. The number of ether oxygens (including phenoxy) is 2. The number of oxazole rings is 1. The lowest BCUT2D eigenvalue weighted by Crippen LogP contribution is -2.19. The van der Waals surface area contributed by atoms with Crippen LogP contribution in [-0.2, 0) is 9.53 Å². The van der Waals surface area contributed by atoms with E-state index >= 15 is 0 Å². The summed E-state index contributed by atoms with van der Waals surface area (Å²) in [6.07, 6.45) is -0.229. The Morgan fingerprint density at radius 2 is 2.00 bits per heavy atom. The molecule has 2 aromatic carbocycles. The van der Waals surface area contributed by atoms with Crippen LogP contribution in [0, 0.1) is 6.92 Å². The van der Waals surface area contributed by atoms with Crippen LogP contribution >= 0.6 is 0 Å². The van der Waals surface area contributed by atoms with Gasteiger partial charge in [-0.2, -0.15) is 4.98 Å². The van der Waals surface area contributed by atoms with E-state index in [4.69, 9.17) is 19.6 Å². The van der Waals surface area contributed by atoms with E-state index in [1.807, 2.05) is 19.1 Å². The lowest BCUT2D eigenvalue weighted by Gasteiger charge is -2.16. The van der Waals surface area contributed by atoms with E-state index in [9.17, 15) is 9.59 Å². The summed E-state index contributed by atoms with van der Waals surface area (Å²) >= 11 is 0. The minimum atomic E-state index is -0.527. The molecule has 0 aliphatic carbocycles. The molecule has 2 aromatic heterocycles. The van der Waals surface area contributed by atoms with E-state index in [1.54, 1.807) is 44.2 Å². The smallest absolute Gasteiger partial charge is 0.417 e. The number of anilines is 3. The number of carbonyl (C=O) groups is 1. The number of aromatic amines is 1.